The standard InChI is InChI=1S/C19H29NO2S/c1-11-6-8-16(9-7-11)19(23-10-17(20)18(21)22)14(4)12(2)13(3)15(19)5/h6-9,12-15,17H,10,20H2,1-5H3,(H,21,22). The lowest BCUT2D eigenvalue weighted by Crippen LogP contribution is -2.38. The molecule has 1 saturated carbocycles. The van der Waals surface area contributed by atoms with Crippen molar-refractivity contribution in [3.05, 3.63) is 35.4 Å². The molecule has 0 saturated heterocycles. The van der Waals surface area contributed by atoms with E-state index in [0.29, 0.717) is 29.4 Å². The van der Waals surface area contributed by atoms with E-state index in [-0.39, 0.29) is 4.75 Å². The SMILES string of the molecule is Cc1ccc(C2(SCC(N)C(=O)O)C(C)C(C)C(C)C2C)cc1. The van der Waals surface area contributed by atoms with Gasteiger partial charge in [-0.15, -0.1) is 11.8 Å². The Morgan fingerprint density at radius 3 is 2.09 bits per heavy atom. The van der Waals surface area contributed by atoms with Crippen LogP contribution in [0.25, 0.3) is 0 Å². The highest BCUT2D eigenvalue weighted by Gasteiger charge is 2.54. The molecule has 0 heterocycles. The summed E-state index contributed by atoms with van der Waals surface area (Å²) in [6, 6.07) is 7.93. The number of nitrogens with two attached hydrogens (primary N) is 1. The minimum Gasteiger partial charge on any atom is -0.480 e. The van der Waals surface area contributed by atoms with Crippen LogP contribution in [0.2, 0.25) is 0 Å². The van der Waals surface area contributed by atoms with Crippen LogP contribution in [0.3, 0.4) is 0 Å². The molecular formula is C19H29NO2S. The summed E-state index contributed by atoms with van der Waals surface area (Å²) in [6.07, 6.45) is 0. The third-order valence-corrected chi connectivity index (χ3v) is 8.06. The molecule has 0 radical (unpaired) electrons. The second-order valence-corrected chi connectivity index (χ2v) is 8.51. The number of thioether (sulfide) groups is 1. The molecule has 4 heteroatoms. The summed E-state index contributed by atoms with van der Waals surface area (Å²) in [5, 5.41) is 9.14. The Kier molecular flexibility index (Phi) is 5.47. The van der Waals surface area contributed by atoms with Gasteiger partial charge in [0.1, 0.15) is 6.04 Å². The number of rotatable bonds is 5. The number of aryl methyl sites for hydroxylation is 1. The maximum Gasteiger partial charge on any atom is 0.321 e. The van der Waals surface area contributed by atoms with Gasteiger partial charge < -0.3 is 10.8 Å². The van der Waals surface area contributed by atoms with Crippen LogP contribution in [0.4, 0.5) is 0 Å². The number of aliphatic carboxylic acids is 1. The molecular weight excluding hydrogens is 306 g/mol. The number of hydrogen-bond donors (Lipinski definition) is 2. The topological polar surface area (TPSA) is 63.3 Å². The van der Waals surface area contributed by atoms with Gasteiger partial charge in [-0.25, -0.2) is 0 Å². The first-order chi connectivity index (χ1) is 10.7. The molecule has 23 heavy (non-hydrogen) atoms. The predicted octanol–water partition coefficient (Wildman–Crippen LogP) is 3.89. The van der Waals surface area contributed by atoms with Gasteiger partial charge in [0, 0.05) is 10.5 Å². The van der Waals surface area contributed by atoms with Crippen molar-refractivity contribution in [3.8, 4) is 0 Å². The van der Waals surface area contributed by atoms with Gasteiger partial charge in [-0.3, -0.25) is 4.79 Å². The minimum absolute atomic E-state index is 0.0698. The van der Waals surface area contributed by atoms with Crippen molar-refractivity contribution in [1.29, 1.82) is 0 Å². The van der Waals surface area contributed by atoms with Crippen LogP contribution in [0.5, 0.6) is 0 Å². The number of hydrogen-bond acceptors (Lipinski definition) is 3. The first-order valence-electron chi connectivity index (χ1n) is 8.41. The molecule has 0 amide bonds. The van der Waals surface area contributed by atoms with E-state index in [1.165, 1.54) is 11.1 Å². The Labute approximate surface area is 144 Å². The summed E-state index contributed by atoms with van der Waals surface area (Å²) >= 11 is 1.74. The van der Waals surface area contributed by atoms with E-state index in [4.69, 9.17) is 10.8 Å². The Hall–Kier alpha value is -1.00. The molecule has 128 valence electrons. The van der Waals surface area contributed by atoms with Gasteiger partial charge >= 0.3 is 5.97 Å². The molecule has 1 fully saturated rings. The zero-order valence-electron chi connectivity index (χ0n) is 14.7. The van der Waals surface area contributed by atoms with Crippen LogP contribution in [0.1, 0.15) is 38.8 Å². The fourth-order valence-corrected chi connectivity index (χ4v) is 5.95. The third kappa shape index (κ3) is 3.16. The summed E-state index contributed by atoms with van der Waals surface area (Å²) in [6.45, 7) is 11.4. The Bertz CT molecular complexity index is 543. The van der Waals surface area contributed by atoms with Crippen LogP contribution < -0.4 is 5.73 Å². The fraction of sp³-hybridized carbons (Fsp3) is 0.632. The van der Waals surface area contributed by atoms with Crippen molar-refractivity contribution < 1.29 is 9.90 Å². The summed E-state index contributed by atoms with van der Waals surface area (Å²) in [4.78, 5) is 11.1. The van der Waals surface area contributed by atoms with E-state index in [0.717, 1.165) is 0 Å². The van der Waals surface area contributed by atoms with Crippen molar-refractivity contribution in [3.63, 3.8) is 0 Å². The molecule has 5 unspecified atom stereocenters. The van der Waals surface area contributed by atoms with Gasteiger partial charge in [-0.2, -0.15) is 0 Å². The fourth-order valence-electron chi connectivity index (χ4n) is 4.09. The Balaban J connectivity index is 2.42. The van der Waals surface area contributed by atoms with Gasteiger partial charge in [-0.1, -0.05) is 57.5 Å². The molecule has 1 aromatic rings. The normalized spacial score (nSPS) is 35.2. The quantitative estimate of drug-likeness (QED) is 0.857. The van der Waals surface area contributed by atoms with Crippen molar-refractivity contribution in [1.82, 2.24) is 0 Å². The molecule has 3 N–H and O–H groups in total. The van der Waals surface area contributed by atoms with Crippen molar-refractivity contribution >= 4 is 17.7 Å². The molecule has 3 nitrogen and oxygen atoms in total. The highest BCUT2D eigenvalue weighted by atomic mass is 32.2. The molecule has 0 bridgehead atoms. The molecule has 1 aromatic carbocycles. The zero-order valence-corrected chi connectivity index (χ0v) is 15.6. The number of carbonyl (C=O) groups is 1. The van der Waals surface area contributed by atoms with Crippen molar-refractivity contribution in [2.24, 2.45) is 29.4 Å². The summed E-state index contributed by atoms with van der Waals surface area (Å²) in [7, 11) is 0. The van der Waals surface area contributed by atoms with Crippen LogP contribution in [0.15, 0.2) is 24.3 Å². The van der Waals surface area contributed by atoms with Gasteiger partial charge in [0.15, 0.2) is 0 Å². The monoisotopic (exact) mass is 335 g/mol. The third-order valence-electron chi connectivity index (χ3n) is 6.08. The first kappa shape index (κ1) is 18.3. The van der Waals surface area contributed by atoms with Gasteiger partial charge in [0.2, 0.25) is 0 Å². The lowest BCUT2D eigenvalue weighted by Gasteiger charge is -2.39. The number of carboxylic acids is 1. The van der Waals surface area contributed by atoms with Crippen LogP contribution in [-0.4, -0.2) is 22.9 Å². The van der Waals surface area contributed by atoms with Gasteiger partial charge in [0.25, 0.3) is 0 Å². The predicted molar refractivity (Wildman–Crippen MR) is 97.6 cm³/mol. The molecule has 0 spiro atoms. The molecule has 0 aliphatic heterocycles. The second-order valence-electron chi connectivity index (χ2n) is 7.21. The first-order valence-corrected chi connectivity index (χ1v) is 9.39. The van der Waals surface area contributed by atoms with E-state index < -0.39 is 12.0 Å². The molecule has 1 aliphatic rings. The maximum absolute atomic E-state index is 11.1. The highest BCUT2D eigenvalue weighted by molar-refractivity contribution is 8.00. The van der Waals surface area contributed by atoms with E-state index in [9.17, 15) is 4.79 Å². The molecule has 1 aliphatic carbocycles. The van der Waals surface area contributed by atoms with E-state index in [2.05, 4.69) is 58.9 Å². The van der Waals surface area contributed by atoms with E-state index >= 15 is 0 Å². The Morgan fingerprint density at radius 1 is 1.17 bits per heavy atom. The summed E-state index contributed by atoms with van der Waals surface area (Å²) in [5.41, 5.74) is 8.35. The second kappa shape index (κ2) is 6.86. The molecule has 0 aromatic heterocycles. The average molecular weight is 336 g/mol. The van der Waals surface area contributed by atoms with Gasteiger partial charge in [0.05, 0.1) is 0 Å². The van der Waals surface area contributed by atoms with Gasteiger partial charge in [-0.05, 0) is 36.2 Å². The number of carboxylic acid groups (broad SMARTS) is 1. The Morgan fingerprint density at radius 2 is 1.65 bits per heavy atom. The van der Waals surface area contributed by atoms with Crippen molar-refractivity contribution in [2.45, 2.75) is 45.4 Å². The summed E-state index contributed by atoms with van der Waals surface area (Å²) < 4.78 is -0.0698. The zero-order chi connectivity index (χ0) is 17.4. The van der Waals surface area contributed by atoms with Crippen LogP contribution >= 0.6 is 11.8 Å². The maximum atomic E-state index is 11.1. The lowest BCUT2D eigenvalue weighted by atomic mass is 9.81. The number of benzene rings is 1. The lowest BCUT2D eigenvalue weighted by molar-refractivity contribution is -0.137. The highest BCUT2D eigenvalue weighted by Crippen LogP contribution is 2.61. The smallest absolute Gasteiger partial charge is 0.321 e. The van der Waals surface area contributed by atoms with E-state index in [1.807, 2.05) is 0 Å². The van der Waals surface area contributed by atoms with Crippen molar-refractivity contribution in [2.75, 3.05) is 5.75 Å². The minimum atomic E-state index is -0.920. The summed E-state index contributed by atoms with van der Waals surface area (Å²) in [5.74, 6) is 1.66. The van der Waals surface area contributed by atoms with Crippen LogP contribution in [0, 0.1) is 30.6 Å². The largest absolute Gasteiger partial charge is 0.480 e. The molecule has 2 rings (SSSR count). The molecule has 5 atom stereocenters. The van der Waals surface area contributed by atoms with Crippen LogP contribution in [-0.2, 0) is 9.54 Å². The van der Waals surface area contributed by atoms with E-state index in [1.54, 1.807) is 11.8 Å². The average Bonchev–Trinajstić information content (AvgIpc) is 2.68.